The molecule has 7 N–H and O–H groups in total. The van der Waals surface area contributed by atoms with Crippen LogP contribution in [0.4, 0.5) is 0 Å². The lowest BCUT2D eigenvalue weighted by molar-refractivity contribution is 0.0891. The quantitative estimate of drug-likeness (QED) is 0.0330. The van der Waals surface area contributed by atoms with Crippen LogP contribution in [0.15, 0.2) is 175 Å². The monoisotopic (exact) mass is 783 g/mol. The van der Waals surface area contributed by atoms with Crippen molar-refractivity contribution < 1.29 is 34.5 Å². The number of hydrogen-bond donors (Lipinski definition) is 5. The smallest absolute Gasteiger partial charge is 0.252 e. The van der Waals surface area contributed by atoms with Crippen LogP contribution >= 0.6 is 11.6 Å². The molecule has 0 spiro atoms. The maximum absolute atomic E-state index is 11.9. The maximum atomic E-state index is 11.9. The third-order valence-corrected chi connectivity index (χ3v) is 8.17. The number of ketones is 3. The topological polar surface area (TPSA) is 193 Å². The van der Waals surface area contributed by atoms with Gasteiger partial charge in [0.25, 0.3) is 5.24 Å². The summed E-state index contributed by atoms with van der Waals surface area (Å²) in [6, 6.07) is 47.6. The van der Waals surface area contributed by atoms with Crippen molar-refractivity contribution in [2.45, 2.75) is 13.3 Å². The maximum Gasteiger partial charge on any atom is 0.252 e. The van der Waals surface area contributed by atoms with E-state index < -0.39 is 5.24 Å². The summed E-state index contributed by atoms with van der Waals surface area (Å²) in [5.41, 5.74) is 5.63. The average molecular weight is 784 g/mol. The molecule has 11 heteroatoms. The molecule has 1 aliphatic heterocycles. The van der Waals surface area contributed by atoms with Gasteiger partial charge in [0.1, 0.15) is 17.2 Å². The average Bonchev–Trinajstić information content (AvgIpc) is 3.74. The van der Waals surface area contributed by atoms with Crippen LogP contribution in [-0.2, 0) is 0 Å². The van der Waals surface area contributed by atoms with Crippen molar-refractivity contribution in [2.75, 3.05) is 6.54 Å². The van der Waals surface area contributed by atoms with Gasteiger partial charge < -0.3 is 15.3 Å². The van der Waals surface area contributed by atoms with E-state index in [-0.39, 0.29) is 40.8 Å². The molecule has 0 bridgehead atoms. The fourth-order valence-corrected chi connectivity index (χ4v) is 5.26. The molecule has 0 saturated heterocycles. The number of hydrogen-bond acceptors (Lipinski definition) is 10. The molecule has 0 unspecified atom stereocenters. The van der Waals surface area contributed by atoms with Crippen LogP contribution in [0, 0.1) is 0 Å². The Bertz CT molecular complexity index is 2300. The molecule has 0 fully saturated rings. The summed E-state index contributed by atoms with van der Waals surface area (Å²) in [5, 5.41) is 28.0. The van der Waals surface area contributed by atoms with E-state index in [1.807, 2.05) is 66.7 Å². The molecule has 6 aromatic carbocycles. The van der Waals surface area contributed by atoms with Crippen molar-refractivity contribution in [3.63, 3.8) is 0 Å². The van der Waals surface area contributed by atoms with Gasteiger partial charge in [0.05, 0.1) is 29.8 Å². The molecule has 7 rings (SSSR count). The number of hydrazine groups is 1. The Balaban J connectivity index is 0.000000209. The fourth-order valence-electron chi connectivity index (χ4n) is 5.14. The molecule has 0 amide bonds. The van der Waals surface area contributed by atoms with Crippen molar-refractivity contribution in [2.24, 2.45) is 16.7 Å². The molecule has 0 aromatic heterocycles. The summed E-state index contributed by atoms with van der Waals surface area (Å²) in [6.07, 6.45) is 1.81. The molecule has 6 aromatic rings. The minimum Gasteiger partial charge on any atom is -0.507 e. The van der Waals surface area contributed by atoms with Crippen LogP contribution in [0.5, 0.6) is 17.2 Å². The second-order valence-electron chi connectivity index (χ2n) is 11.9. The molecule has 10 nitrogen and oxygen atoms in total. The number of rotatable bonds is 8. The van der Waals surface area contributed by atoms with Crippen LogP contribution in [-0.4, -0.2) is 50.2 Å². The molecule has 1 aliphatic rings. The highest BCUT2D eigenvalue weighted by molar-refractivity contribution is 6.67. The second-order valence-corrected chi connectivity index (χ2v) is 12.2. The number of phenolic OH excluding ortho intramolecular Hbond substituents is 3. The Morgan fingerprint density at radius 2 is 1.00 bits per heavy atom. The van der Waals surface area contributed by atoms with E-state index in [9.17, 15) is 29.4 Å². The minimum atomic E-state index is -0.407. The number of allylic oxidation sites excluding steroid dienone is 1. The molecule has 1 heterocycles. The van der Waals surface area contributed by atoms with E-state index in [1.54, 1.807) is 84.9 Å². The molecular formula is C46H42ClN3O7. The number of aromatic hydroxyl groups is 3. The van der Waals surface area contributed by atoms with Crippen LogP contribution in [0.3, 0.4) is 0 Å². The summed E-state index contributed by atoms with van der Waals surface area (Å²) < 4.78 is 0. The van der Waals surface area contributed by atoms with E-state index >= 15 is 0 Å². The van der Waals surface area contributed by atoms with Gasteiger partial charge in [0, 0.05) is 16.7 Å². The first-order valence-electron chi connectivity index (χ1n) is 17.4. The van der Waals surface area contributed by atoms with Crippen molar-refractivity contribution in [3.05, 3.63) is 203 Å². The van der Waals surface area contributed by atoms with E-state index in [2.05, 4.69) is 16.7 Å². The number of carbonyl (C=O) groups excluding carboxylic acids is 4. The Morgan fingerprint density at radius 3 is 1.46 bits per heavy atom. The molecule has 0 saturated carbocycles. The van der Waals surface area contributed by atoms with E-state index in [1.165, 1.54) is 25.1 Å². The van der Waals surface area contributed by atoms with Crippen molar-refractivity contribution in [3.8, 4) is 17.2 Å². The van der Waals surface area contributed by atoms with Gasteiger partial charge in [0.15, 0.2) is 17.3 Å². The normalized spacial score (nSPS) is 10.8. The van der Waals surface area contributed by atoms with E-state index in [4.69, 9.17) is 16.7 Å². The third-order valence-electron chi connectivity index (χ3n) is 7.96. The third kappa shape index (κ3) is 14.3. The number of Topliss-reactive ketones (excluding diaryl/α,β-unsaturated/α-hetero) is 3. The fraction of sp³-hybridized carbons (Fsp3) is 0.0652. The van der Waals surface area contributed by atoms with E-state index in [0.29, 0.717) is 29.0 Å². The van der Waals surface area contributed by atoms with Gasteiger partial charge >= 0.3 is 0 Å². The minimum absolute atomic E-state index is 0.0509. The van der Waals surface area contributed by atoms with Crippen molar-refractivity contribution >= 4 is 45.5 Å². The number of nitrogens with two attached hydrogens (primary N) is 2. The lowest BCUT2D eigenvalue weighted by Gasteiger charge is -2.03. The van der Waals surface area contributed by atoms with Gasteiger partial charge in [-0.15, -0.1) is 0 Å². The number of phenols is 3. The zero-order chi connectivity index (χ0) is 41.6. The van der Waals surface area contributed by atoms with Gasteiger partial charge in [-0.25, -0.2) is 0 Å². The van der Waals surface area contributed by atoms with Crippen LogP contribution in [0.2, 0.25) is 0 Å². The molecular weight excluding hydrogens is 742 g/mol. The Kier molecular flexibility index (Phi) is 18.5. The summed E-state index contributed by atoms with van der Waals surface area (Å²) in [5.74, 6) is 7.54. The highest BCUT2D eigenvalue weighted by Crippen LogP contribution is 2.28. The SMILES string of the molecule is CC(=O)c1ccccc1O.NN.O=C(CC(=O)c1ccccc1O)c1ccccc1.O=C(Cl)c1ccccc1.Oc1ccccc1C1=CC(c2ccccc2)=NC1. The first kappa shape index (κ1) is 44.4. The first-order chi connectivity index (χ1) is 27.5. The lowest BCUT2D eigenvalue weighted by Crippen LogP contribution is -2.08. The van der Waals surface area contributed by atoms with E-state index in [0.717, 1.165) is 22.4 Å². The zero-order valence-electron chi connectivity index (χ0n) is 31.0. The molecule has 0 atom stereocenters. The largest absolute Gasteiger partial charge is 0.507 e. The second kappa shape index (κ2) is 23.7. The number of para-hydroxylation sites is 3. The summed E-state index contributed by atoms with van der Waals surface area (Å²) in [6.45, 7) is 2.05. The first-order valence-corrected chi connectivity index (χ1v) is 17.8. The van der Waals surface area contributed by atoms with Crippen molar-refractivity contribution in [1.82, 2.24) is 0 Å². The Morgan fingerprint density at radius 1 is 0.561 bits per heavy atom. The number of carbonyl (C=O) groups is 4. The standard InChI is InChI=1S/C16H13NO.C15H12O3.C8H8O2.C7H5ClO.H4N2/c18-16-9-5-4-8-14(16)13-10-15(17-11-13)12-6-2-1-3-7-12;16-13-9-5-4-8-12(13)15(18)10-14(17)11-6-2-1-3-7-11;1-6(9)7-4-2-3-5-8(7)10;8-7(9)6-4-2-1-3-5-6;1-2/h1-10,18H,11H2;1-9,16H,10H2;2-5,10H,1H3;1-5H;1-2H2. The highest BCUT2D eigenvalue weighted by Gasteiger charge is 2.16. The van der Waals surface area contributed by atoms with Gasteiger partial charge in [-0.2, -0.15) is 0 Å². The van der Waals surface area contributed by atoms with Gasteiger partial charge in [-0.1, -0.05) is 133 Å². The van der Waals surface area contributed by atoms with Crippen molar-refractivity contribution in [1.29, 1.82) is 0 Å². The summed E-state index contributed by atoms with van der Waals surface area (Å²) in [4.78, 5) is 49.3. The Labute approximate surface area is 336 Å². The van der Waals surface area contributed by atoms with Gasteiger partial charge in [-0.3, -0.25) is 35.9 Å². The summed E-state index contributed by atoms with van der Waals surface area (Å²) in [7, 11) is 0. The molecule has 0 aliphatic carbocycles. The predicted octanol–water partition coefficient (Wildman–Crippen LogP) is 8.61. The highest BCUT2D eigenvalue weighted by atomic mass is 35.5. The molecule has 0 radical (unpaired) electrons. The number of halogens is 1. The lowest BCUT2D eigenvalue weighted by atomic mass is 10.0. The number of nitrogens with zero attached hydrogens (tertiary/aromatic N) is 1. The number of benzene rings is 6. The Hall–Kier alpha value is -6.98. The summed E-state index contributed by atoms with van der Waals surface area (Å²) >= 11 is 5.16. The zero-order valence-corrected chi connectivity index (χ0v) is 31.8. The van der Waals surface area contributed by atoms with Crippen LogP contribution in [0.1, 0.15) is 65.9 Å². The molecule has 290 valence electrons. The van der Waals surface area contributed by atoms with Gasteiger partial charge in [0.2, 0.25) is 0 Å². The number of aliphatic imine (C=N–C) groups is 1. The van der Waals surface area contributed by atoms with Crippen LogP contribution < -0.4 is 11.7 Å². The molecule has 57 heavy (non-hydrogen) atoms. The van der Waals surface area contributed by atoms with Crippen LogP contribution in [0.25, 0.3) is 5.57 Å². The van der Waals surface area contributed by atoms with Gasteiger partial charge in [-0.05, 0) is 66.1 Å². The predicted molar refractivity (Wildman–Crippen MR) is 225 cm³/mol.